The molecule has 21 heavy (non-hydrogen) atoms. The number of likely N-dealkylation sites (N-methyl/N-ethyl adjacent to an activating group) is 1. The van der Waals surface area contributed by atoms with Gasteiger partial charge in [0.2, 0.25) is 0 Å². The smallest absolute Gasteiger partial charge is 0.0595 e. The number of nitrogens with one attached hydrogen (secondary N) is 1. The van der Waals surface area contributed by atoms with Gasteiger partial charge in [0, 0.05) is 10.5 Å². The van der Waals surface area contributed by atoms with E-state index in [9.17, 15) is 0 Å². The molecule has 1 nitrogen and oxygen atoms in total. The fourth-order valence-electron chi connectivity index (χ4n) is 2.49. The van der Waals surface area contributed by atoms with Gasteiger partial charge in [-0.1, -0.05) is 48.9 Å². The molecular weight excluding hydrogens is 346 g/mol. The molecule has 0 aromatic heterocycles. The van der Waals surface area contributed by atoms with Crippen LogP contribution in [-0.2, 0) is 6.42 Å². The van der Waals surface area contributed by atoms with Gasteiger partial charge in [-0.2, -0.15) is 0 Å². The third-order valence-electron chi connectivity index (χ3n) is 3.82. The van der Waals surface area contributed by atoms with Crippen molar-refractivity contribution in [1.82, 2.24) is 5.32 Å². The van der Waals surface area contributed by atoms with Crippen LogP contribution in [-0.4, -0.2) is 6.54 Å². The Morgan fingerprint density at radius 3 is 2.57 bits per heavy atom. The zero-order chi connectivity index (χ0) is 15.4. The van der Waals surface area contributed by atoms with Crippen molar-refractivity contribution in [3.8, 4) is 0 Å². The van der Waals surface area contributed by atoms with Gasteiger partial charge in [-0.15, -0.1) is 0 Å². The van der Waals surface area contributed by atoms with Crippen LogP contribution in [0.5, 0.6) is 0 Å². The Morgan fingerprint density at radius 1 is 1.14 bits per heavy atom. The molecule has 0 saturated carbocycles. The summed E-state index contributed by atoms with van der Waals surface area (Å²) in [7, 11) is 0. The molecule has 112 valence electrons. The van der Waals surface area contributed by atoms with Crippen LogP contribution in [0.1, 0.15) is 35.2 Å². The number of aryl methyl sites for hydroxylation is 2. The molecule has 0 radical (unpaired) electrons. The topological polar surface area (TPSA) is 12.0 Å². The van der Waals surface area contributed by atoms with Crippen molar-refractivity contribution in [2.24, 2.45) is 0 Å². The van der Waals surface area contributed by atoms with Crippen molar-refractivity contribution in [2.75, 3.05) is 6.54 Å². The highest BCUT2D eigenvalue weighted by Gasteiger charge is 2.16. The maximum atomic E-state index is 6.46. The molecule has 3 heteroatoms. The van der Waals surface area contributed by atoms with Gasteiger partial charge >= 0.3 is 0 Å². The Labute approximate surface area is 140 Å². The highest BCUT2D eigenvalue weighted by Crippen LogP contribution is 2.32. The average molecular weight is 367 g/mol. The van der Waals surface area contributed by atoms with Crippen LogP contribution in [0.2, 0.25) is 5.02 Å². The van der Waals surface area contributed by atoms with Gasteiger partial charge in [0.25, 0.3) is 0 Å². The van der Waals surface area contributed by atoms with E-state index in [-0.39, 0.29) is 6.04 Å². The van der Waals surface area contributed by atoms with Crippen molar-refractivity contribution in [3.63, 3.8) is 0 Å². The van der Waals surface area contributed by atoms with Crippen LogP contribution >= 0.6 is 27.5 Å². The molecule has 0 saturated heterocycles. The maximum absolute atomic E-state index is 6.46. The SMILES string of the molecule is CCNC(Cc1ccc(C)c(C)c1)c1cccc(Br)c1Cl. The number of hydrogen-bond acceptors (Lipinski definition) is 1. The third-order valence-corrected chi connectivity index (χ3v) is 5.13. The van der Waals surface area contributed by atoms with Crippen LogP contribution in [0.15, 0.2) is 40.9 Å². The van der Waals surface area contributed by atoms with Crippen molar-refractivity contribution in [3.05, 3.63) is 68.1 Å². The molecular formula is C18H21BrClN. The van der Waals surface area contributed by atoms with Gasteiger partial charge in [0.15, 0.2) is 0 Å². The van der Waals surface area contributed by atoms with E-state index >= 15 is 0 Å². The third kappa shape index (κ3) is 4.09. The Morgan fingerprint density at radius 2 is 1.90 bits per heavy atom. The normalized spacial score (nSPS) is 12.4. The highest BCUT2D eigenvalue weighted by molar-refractivity contribution is 9.10. The molecule has 0 fully saturated rings. The monoisotopic (exact) mass is 365 g/mol. The molecule has 2 aromatic rings. The summed E-state index contributed by atoms with van der Waals surface area (Å²) in [6.45, 7) is 7.34. The molecule has 0 aliphatic rings. The van der Waals surface area contributed by atoms with E-state index in [0.29, 0.717) is 0 Å². The number of benzene rings is 2. The summed E-state index contributed by atoms with van der Waals surface area (Å²) in [5.41, 5.74) is 5.15. The summed E-state index contributed by atoms with van der Waals surface area (Å²) < 4.78 is 0.949. The number of halogens is 2. The maximum Gasteiger partial charge on any atom is 0.0595 e. The van der Waals surface area contributed by atoms with Gasteiger partial charge in [-0.3, -0.25) is 0 Å². The largest absolute Gasteiger partial charge is 0.310 e. The lowest BCUT2D eigenvalue weighted by Crippen LogP contribution is -2.23. The summed E-state index contributed by atoms with van der Waals surface area (Å²) in [4.78, 5) is 0. The lowest BCUT2D eigenvalue weighted by atomic mass is 9.96. The first-order valence-electron chi connectivity index (χ1n) is 7.26. The molecule has 1 atom stereocenters. The lowest BCUT2D eigenvalue weighted by Gasteiger charge is -2.21. The molecule has 1 unspecified atom stereocenters. The molecule has 1 N–H and O–H groups in total. The Hall–Kier alpha value is -0.830. The highest BCUT2D eigenvalue weighted by atomic mass is 79.9. The van der Waals surface area contributed by atoms with E-state index in [1.54, 1.807) is 0 Å². The minimum atomic E-state index is 0.224. The Balaban J connectivity index is 2.30. The molecule has 0 heterocycles. The van der Waals surface area contributed by atoms with Gasteiger partial charge in [0.05, 0.1) is 5.02 Å². The zero-order valence-corrected chi connectivity index (χ0v) is 15.1. The van der Waals surface area contributed by atoms with Crippen molar-refractivity contribution < 1.29 is 0 Å². The molecule has 0 aliphatic heterocycles. The predicted molar refractivity (Wildman–Crippen MR) is 95.2 cm³/mol. The zero-order valence-electron chi connectivity index (χ0n) is 12.7. The summed E-state index contributed by atoms with van der Waals surface area (Å²) in [6.07, 6.45) is 0.936. The second-order valence-electron chi connectivity index (χ2n) is 5.38. The molecule has 2 aromatic carbocycles. The first-order valence-corrected chi connectivity index (χ1v) is 8.43. The predicted octanol–water partition coefficient (Wildman–Crippen LogP) is 5.61. The van der Waals surface area contributed by atoms with E-state index in [1.165, 1.54) is 16.7 Å². The Kier molecular flexibility index (Phi) is 5.86. The van der Waals surface area contributed by atoms with Gasteiger partial charge in [0.1, 0.15) is 0 Å². The average Bonchev–Trinajstić information content (AvgIpc) is 2.45. The number of rotatable bonds is 5. The van der Waals surface area contributed by atoms with Crippen molar-refractivity contribution >= 4 is 27.5 Å². The molecule has 0 aliphatic carbocycles. The van der Waals surface area contributed by atoms with E-state index < -0.39 is 0 Å². The van der Waals surface area contributed by atoms with E-state index in [0.717, 1.165) is 28.0 Å². The molecule has 0 spiro atoms. The minimum absolute atomic E-state index is 0.224. The first kappa shape index (κ1) is 16.5. The van der Waals surface area contributed by atoms with Gasteiger partial charge in [-0.05, 0) is 71.1 Å². The molecule has 0 amide bonds. The minimum Gasteiger partial charge on any atom is -0.310 e. The van der Waals surface area contributed by atoms with Crippen molar-refractivity contribution in [2.45, 2.75) is 33.2 Å². The molecule has 0 bridgehead atoms. The summed E-state index contributed by atoms with van der Waals surface area (Å²) in [5, 5.41) is 4.34. The number of hydrogen-bond donors (Lipinski definition) is 1. The fourth-order valence-corrected chi connectivity index (χ4v) is 3.13. The standard InChI is InChI=1S/C18H21BrClN/c1-4-21-17(15-6-5-7-16(19)18(15)20)11-14-9-8-12(2)13(3)10-14/h5-10,17,21H,4,11H2,1-3H3. The van der Waals surface area contributed by atoms with Crippen molar-refractivity contribution in [1.29, 1.82) is 0 Å². The van der Waals surface area contributed by atoms with Gasteiger partial charge < -0.3 is 5.32 Å². The van der Waals surface area contributed by atoms with Crippen LogP contribution in [0.25, 0.3) is 0 Å². The second kappa shape index (κ2) is 7.44. The summed E-state index contributed by atoms with van der Waals surface area (Å²) >= 11 is 9.97. The summed E-state index contributed by atoms with van der Waals surface area (Å²) in [5.74, 6) is 0. The van der Waals surface area contributed by atoms with E-state index in [4.69, 9.17) is 11.6 Å². The van der Waals surface area contributed by atoms with Gasteiger partial charge in [-0.25, -0.2) is 0 Å². The first-order chi connectivity index (χ1) is 10.0. The Bertz CT molecular complexity index is 625. The lowest BCUT2D eigenvalue weighted by molar-refractivity contribution is 0.549. The van der Waals surface area contributed by atoms with Crippen LogP contribution in [0.3, 0.4) is 0 Å². The fraction of sp³-hybridized carbons (Fsp3) is 0.333. The van der Waals surface area contributed by atoms with Crippen LogP contribution in [0.4, 0.5) is 0 Å². The summed E-state index contributed by atoms with van der Waals surface area (Å²) in [6, 6.07) is 13.0. The van der Waals surface area contributed by atoms with Crippen LogP contribution in [0, 0.1) is 13.8 Å². The molecule has 2 rings (SSSR count). The van der Waals surface area contributed by atoms with E-state index in [2.05, 4.69) is 66.3 Å². The second-order valence-corrected chi connectivity index (χ2v) is 6.61. The van der Waals surface area contributed by atoms with Crippen LogP contribution < -0.4 is 5.32 Å². The van der Waals surface area contributed by atoms with E-state index in [1.807, 2.05) is 12.1 Å². The quantitative estimate of drug-likeness (QED) is 0.725.